The van der Waals surface area contributed by atoms with E-state index in [0.29, 0.717) is 54.3 Å². The molecule has 0 spiro atoms. The lowest BCUT2D eigenvalue weighted by Gasteiger charge is -2.36. The van der Waals surface area contributed by atoms with Crippen LogP contribution in [0.4, 0.5) is 0 Å². The topological polar surface area (TPSA) is 92.7 Å². The summed E-state index contributed by atoms with van der Waals surface area (Å²) in [6.45, 7) is 8.82. The second kappa shape index (κ2) is 6.51. The second-order valence-electron chi connectivity index (χ2n) is 7.47. The minimum absolute atomic E-state index is 0.00988. The fourth-order valence-corrected chi connectivity index (χ4v) is 4.33. The van der Waals surface area contributed by atoms with Crippen molar-refractivity contribution in [3.8, 4) is 0 Å². The number of carbonyl (C=O) groups excluding carboxylic acids is 2. The SMILES string of the molecule is Cc1nc(C)c(C(=O)N2C[C@@H]3CCCN(C(=O)c4oc(C)nc4C)[C@@H]3C2)o1. The van der Waals surface area contributed by atoms with Crippen LogP contribution in [0, 0.1) is 33.6 Å². The Labute approximate surface area is 157 Å². The average molecular weight is 372 g/mol. The first-order valence-corrected chi connectivity index (χ1v) is 9.33. The highest BCUT2D eigenvalue weighted by Gasteiger charge is 2.44. The summed E-state index contributed by atoms with van der Waals surface area (Å²) < 4.78 is 11.0. The van der Waals surface area contributed by atoms with Crippen LogP contribution in [0.3, 0.4) is 0 Å². The van der Waals surface area contributed by atoms with E-state index < -0.39 is 0 Å². The lowest BCUT2D eigenvalue weighted by Crippen LogP contribution is -2.48. The number of aromatic nitrogens is 2. The molecular weight excluding hydrogens is 348 g/mol. The summed E-state index contributed by atoms with van der Waals surface area (Å²) in [5.41, 5.74) is 1.21. The van der Waals surface area contributed by atoms with Crippen LogP contribution in [-0.4, -0.2) is 57.3 Å². The van der Waals surface area contributed by atoms with Gasteiger partial charge in [0.2, 0.25) is 11.5 Å². The molecule has 8 nitrogen and oxygen atoms in total. The van der Waals surface area contributed by atoms with Crippen LogP contribution in [0.1, 0.15) is 57.1 Å². The molecule has 0 unspecified atom stereocenters. The molecule has 0 N–H and O–H groups in total. The molecule has 2 aliphatic heterocycles. The van der Waals surface area contributed by atoms with Gasteiger partial charge < -0.3 is 18.6 Å². The van der Waals surface area contributed by atoms with Crippen molar-refractivity contribution in [2.45, 2.75) is 46.6 Å². The Morgan fingerprint density at radius 2 is 1.52 bits per heavy atom. The third-order valence-electron chi connectivity index (χ3n) is 5.52. The number of fused-ring (bicyclic) bond motifs is 1. The molecule has 27 heavy (non-hydrogen) atoms. The van der Waals surface area contributed by atoms with E-state index in [1.807, 2.05) is 4.90 Å². The molecule has 0 aromatic carbocycles. The van der Waals surface area contributed by atoms with Gasteiger partial charge in [0, 0.05) is 33.5 Å². The van der Waals surface area contributed by atoms with Gasteiger partial charge in [-0.05, 0) is 32.6 Å². The van der Waals surface area contributed by atoms with Crippen LogP contribution in [0.25, 0.3) is 0 Å². The largest absolute Gasteiger partial charge is 0.436 e. The zero-order valence-corrected chi connectivity index (χ0v) is 16.1. The van der Waals surface area contributed by atoms with E-state index in [9.17, 15) is 9.59 Å². The highest BCUT2D eigenvalue weighted by Crippen LogP contribution is 2.33. The Bertz CT molecular complexity index is 900. The number of hydrogen-bond acceptors (Lipinski definition) is 6. The van der Waals surface area contributed by atoms with E-state index in [1.165, 1.54) is 0 Å². The molecule has 0 saturated carbocycles. The van der Waals surface area contributed by atoms with E-state index in [-0.39, 0.29) is 23.8 Å². The van der Waals surface area contributed by atoms with Gasteiger partial charge in [-0.2, -0.15) is 0 Å². The quantitative estimate of drug-likeness (QED) is 0.803. The molecule has 2 aromatic heterocycles. The van der Waals surface area contributed by atoms with Crippen molar-refractivity contribution in [3.63, 3.8) is 0 Å². The van der Waals surface area contributed by atoms with Gasteiger partial charge in [-0.3, -0.25) is 9.59 Å². The Balaban J connectivity index is 1.55. The predicted octanol–water partition coefficient (Wildman–Crippen LogP) is 2.27. The number of likely N-dealkylation sites (tertiary alicyclic amines) is 2. The van der Waals surface area contributed by atoms with Crippen molar-refractivity contribution < 1.29 is 18.4 Å². The van der Waals surface area contributed by atoms with Crippen molar-refractivity contribution >= 4 is 11.8 Å². The number of amides is 2. The highest BCUT2D eigenvalue weighted by atomic mass is 16.4. The molecule has 2 saturated heterocycles. The average Bonchev–Trinajstić information content (AvgIpc) is 3.29. The van der Waals surface area contributed by atoms with Gasteiger partial charge in [-0.1, -0.05) is 0 Å². The monoisotopic (exact) mass is 372 g/mol. The molecule has 144 valence electrons. The summed E-state index contributed by atoms with van der Waals surface area (Å²) in [4.78, 5) is 38.0. The standard InChI is InChI=1S/C19H24N4O4/c1-10-16(26-12(3)20-10)18(24)22-8-14-6-5-7-23(15(14)9-22)19(25)17-11(2)21-13(4)27-17/h14-15H,5-9H2,1-4H3/t14-,15+/m0/s1. The summed E-state index contributed by atoms with van der Waals surface area (Å²) in [5, 5.41) is 0. The van der Waals surface area contributed by atoms with Crippen LogP contribution in [0.5, 0.6) is 0 Å². The maximum atomic E-state index is 13.0. The molecule has 0 bridgehead atoms. The first kappa shape index (κ1) is 17.8. The smallest absolute Gasteiger partial charge is 0.291 e. The summed E-state index contributed by atoms with van der Waals surface area (Å²) in [5.74, 6) is 1.56. The highest BCUT2D eigenvalue weighted by molar-refractivity contribution is 5.94. The molecule has 2 amide bonds. The summed E-state index contributed by atoms with van der Waals surface area (Å²) >= 11 is 0. The van der Waals surface area contributed by atoms with E-state index in [2.05, 4.69) is 9.97 Å². The third-order valence-corrected chi connectivity index (χ3v) is 5.52. The van der Waals surface area contributed by atoms with Gasteiger partial charge in [-0.25, -0.2) is 9.97 Å². The molecule has 2 atom stereocenters. The van der Waals surface area contributed by atoms with Crippen LogP contribution in [-0.2, 0) is 0 Å². The van der Waals surface area contributed by atoms with Crippen molar-refractivity contribution in [2.24, 2.45) is 5.92 Å². The van der Waals surface area contributed by atoms with Crippen molar-refractivity contribution in [2.75, 3.05) is 19.6 Å². The Hall–Kier alpha value is -2.64. The number of rotatable bonds is 2. The molecule has 8 heteroatoms. The van der Waals surface area contributed by atoms with Crippen LogP contribution in [0.15, 0.2) is 8.83 Å². The fourth-order valence-electron chi connectivity index (χ4n) is 4.33. The maximum Gasteiger partial charge on any atom is 0.291 e. The van der Waals surface area contributed by atoms with Crippen molar-refractivity contribution in [3.05, 3.63) is 34.7 Å². The first-order chi connectivity index (χ1) is 12.8. The predicted molar refractivity (Wildman–Crippen MR) is 95.4 cm³/mol. The number of hydrogen-bond donors (Lipinski definition) is 0. The minimum Gasteiger partial charge on any atom is -0.436 e. The number of aryl methyl sites for hydroxylation is 4. The normalized spacial score (nSPS) is 22.2. The summed E-state index contributed by atoms with van der Waals surface area (Å²) in [7, 11) is 0. The molecule has 4 heterocycles. The maximum absolute atomic E-state index is 13.0. The Morgan fingerprint density at radius 3 is 2.07 bits per heavy atom. The van der Waals surface area contributed by atoms with Crippen LogP contribution >= 0.6 is 0 Å². The molecule has 2 fully saturated rings. The zero-order valence-electron chi connectivity index (χ0n) is 16.1. The summed E-state index contributed by atoms with van der Waals surface area (Å²) in [6, 6.07) is -0.00988. The zero-order chi connectivity index (χ0) is 19.3. The van der Waals surface area contributed by atoms with Crippen molar-refractivity contribution in [1.82, 2.24) is 19.8 Å². The number of piperidine rings is 1. The lowest BCUT2D eigenvalue weighted by atomic mass is 9.92. The van der Waals surface area contributed by atoms with Gasteiger partial charge >= 0.3 is 0 Å². The second-order valence-corrected chi connectivity index (χ2v) is 7.47. The Kier molecular flexibility index (Phi) is 4.28. The van der Waals surface area contributed by atoms with Crippen LogP contribution in [0.2, 0.25) is 0 Å². The van der Waals surface area contributed by atoms with E-state index in [0.717, 1.165) is 12.8 Å². The molecule has 0 aliphatic carbocycles. The number of carbonyl (C=O) groups is 2. The molecule has 2 aliphatic rings. The minimum atomic E-state index is -0.151. The van der Waals surface area contributed by atoms with E-state index >= 15 is 0 Å². The van der Waals surface area contributed by atoms with Crippen LogP contribution < -0.4 is 0 Å². The molecule has 0 radical (unpaired) electrons. The fraction of sp³-hybridized carbons (Fsp3) is 0.579. The molecular formula is C19H24N4O4. The lowest BCUT2D eigenvalue weighted by molar-refractivity contribution is 0.0530. The van der Waals surface area contributed by atoms with E-state index in [1.54, 1.807) is 32.6 Å². The number of nitrogens with zero attached hydrogens (tertiary/aromatic N) is 4. The molecule has 2 aromatic rings. The van der Waals surface area contributed by atoms with Crippen molar-refractivity contribution in [1.29, 1.82) is 0 Å². The van der Waals surface area contributed by atoms with Gasteiger partial charge in [0.1, 0.15) is 0 Å². The van der Waals surface area contributed by atoms with Gasteiger partial charge in [0.25, 0.3) is 11.8 Å². The summed E-state index contributed by atoms with van der Waals surface area (Å²) in [6.07, 6.45) is 1.92. The first-order valence-electron chi connectivity index (χ1n) is 9.33. The third kappa shape index (κ3) is 3.02. The molecule has 4 rings (SSSR count). The van der Waals surface area contributed by atoms with Gasteiger partial charge in [0.15, 0.2) is 11.8 Å². The van der Waals surface area contributed by atoms with E-state index in [4.69, 9.17) is 8.83 Å². The van der Waals surface area contributed by atoms with Gasteiger partial charge in [-0.15, -0.1) is 0 Å². The number of oxazole rings is 2. The Morgan fingerprint density at radius 1 is 0.926 bits per heavy atom. The van der Waals surface area contributed by atoms with Gasteiger partial charge in [0.05, 0.1) is 17.4 Å².